The third-order valence-corrected chi connectivity index (χ3v) is 10.9. The summed E-state index contributed by atoms with van der Waals surface area (Å²) in [7, 11) is 0.975. The summed E-state index contributed by atoms with van der Waals surface area (Å²) in [6.45, 7) is 13.5. The van der Waals surface area contributed by atoms with Crippen LogP contribution in [-0.2, 0) is 41.5 Å². The summed E-state index contributed by atoms with van der Waals surface area (Å²) in [5, 5.41) is 5.67. The molecule has 3 amide bonds. The lowest BCUT2D eigenvalue weighted by Gasteiger charge is -2.32. The summed E-state index contributed by atoms with van der Waals surface area (Å²) in [5.41, 5.74) is 14.9. The zero-order valence-electron chi connectivity index (χ0n) is 35.1. The van der Waals surface area contributed by atoms with Crippen molar-refractivity contribution in [1.82, 2.24) is 15.5 Å². The van der Waals surface area contributed by atoms with Crippen LogP contribution >= 0.6 is 0 Å². The van der Waals surface area contributed by atoms with Crippen LogP contribution in [0.5, 0.6) is 0 Å². The smallest absolute Gasteiger partial charge is 0.443 e. The van der Waals surface area contributed by atoms with E-state index < -0.39 is 42.4 Å². The molecule has 4 heterocycles. The predicted molar refractivity (Wildman–Crippen MR) is 224 cm³/mol. The fourth-order valence-corrected chi connectivity index (χ4v) is 6.86. The van der Waals surface area contributed by atoms with Gasteiger partial charge in [0.2, 0.25) is 5.91 Å². The highest BCUT2D eigenvalue weighted by atomic mass is 19.1. The monoisotopic (exact) mass is 833 g/mol. The SMILES string of the molecule is CC=O.CCC(=O)NC[C@H]1CN(c2ccc(B3OC(C)(C)C(C)(C)O3)c(F)c2)C(=O)O1.CNCC1CN(c2ccc(-c3ccc4c(c3)CN(/C(N)=C/N)C4)c(F)c2)C(=O)O1. The maximum absolute atomic E-state index is 14.9. The molecule has 60 heavy (non-hydrogen) atoms. The quantitative estimate of drug-likeness (QED) is 0.168. The average Bonchev–Trinajstić information content (AvgIpc) is 3.96. The highest BCUT2D eigenvalue weighted by Crippen LogP contribution is 2.37. The van der Waals surface area contributed by atoms with Gasteiger partial charge in [-0.05, 0) is 94.8 Å². The van der Waals surface area contributed by atoms with Gasteiger partial charge in [-0.3, -0.25) is 14.6 Å². The number of hydrogen-bond acceptors (Lipinski definition) is 12. The van der Waals surface area contributed by atoms with Crippen molar-refractivity contribution in [3.63, 3.8) is 0 Å². The fourth-order valence-electron chi connectivity index (χ4n) is 6.86. The van der Waals surface area contributed by atoms with Gasteiger partial charge in [0.15, 0.2) is 0 Å². The maximum atomic E-state index is 14.9. The molecule has 4 aliphatic heterocycles. The Kier molecular flexibility index (Phi) is 14.5. The molecule has 3 fully saturated rings. The molecule has 7 rings (SSSR count). The number of ether oxygens (including phenoxy) is 2. The number of hydrogen-bond donors (Lipinski definition) is 4. The van der Waals surface area contributed by atoms with Crippen molar-refractivity contribution in [2.24, 2.45) is 11.5 Å². The molecule has 18 heteroatoms. The van der Waals surface area contributed by atoms with Crippen LogP contribution in [0.25, 0.3) is 11.1 Å². The molecule has 1 unspecified atom stereocenters. The number of fused-ring (bicyclic) bond motifs is 1. The molecule has 3 aromatic carbocycles. The lowest BCUT2D eigenvalue weighted by Crippen LogP contribution is -2.41. The molecule has 15 nitrogen and oxygen atoms in total. The van der Waals surface area contributed by atoms with Crippen LogP contribution in [0, 0.1) is 11.6 Å². The van der Waals surface area contributed by atoms with Crippen molar-refractivity contribution < 1.29 is 46.7 Å². The van der Waals surface area contributed by atoms with Gasteiger partial charge >= 0.3 is 19.3 Å². The van der Waals surface area contributed by atoms with Crippen molar-refractivity contribution >= 4 is 48.3 Å². The van der Waals surface area contributed by atoms with Crippen molar-refractivity contribution in [3.05, 3.63) is 89.4 Å². The van der Waals surface area contributed by atoms with E-state index in [1.807, 2.05) is 50.8 Å². The molecule has 3 aromatic rings. The van der Waals surface area contributed by atoms with Crippen LogP contribution in [0.2, 0.25) is 0 Å². The number of aldehydes is 1. The lowest BCUT2D eigenvalue weighted by molar-refractivity contribution is -0.121. The van der Waals surface area contributed by atoms with Crippen molar-refractivity contribution in [3.8, 4) is 11.1 Å². The average molecular weight is 834 g/mol. The molecule has 4 aliphatic rings. The van der Waals surface area contributed by atoms with Gasteiger partial charge in [-0.25, -0.2) is 18.4 Å². The normalized spacial score (nSPS) is 20.1. The fraction of sp³-hybridized carbons (Fsp3) is 0.429. The van der Waals surface area contributed by atoms with Crippen LogP contribution in [0.15, 0.2) is 66.6 Å². The zero-order valence-corrected chi connectivity index (χ0v) is 35.1. The number of nitrogens with zero attached hydrogens (tertiary/aromatic N) is 3. The molecule has 0 spiro atoms. The Morgan fingerprint density at radius 3 is 1.95 bits per heavy atom. The van der Waals surface area contributed by atoms with Crippen molar-refractivity contribution in [2.45, 2.75) is 84.5 Å². The molecule has 0 aromatic heterocycles. The first-order valence-electron chi connectivity index (χ1n) is 19.7. The number of nitrogens with one attached hydrogen (secondary N) is 2. The molecular weight excluding hydrogens is 779 g/mol. The Morgan fingerprint density at radius 2 is 1.42 bits per heavy atom. The van der Waals surface area contributed by atoms with E-state index in [-0.39, 0.29) is 36.4 Å². The van der Waals surface area contributed by atoms with Gasteiger partial charge in [-0.1, -0.05) is 25.1 Å². The van der Waals surface area contributed by atoms with Gasteiger partial charge in [-0.15, -0.1) is 0 Å². The zero-order chi connectivity index (χ0) is 43.9. The molecule has 6 N–H and O–H groups in total. The third kappa shape index (κ3) is 10.2. The Hall–Kier alpha value is -5.72. The molecule has 0 bridgehead atoms. The first-order valence-corrected chi connectivity index (χ1v) is 19.7. The molecule has 2 atom stereocenters. The molecule has 0 radical (unpaired) electrons. The molecule has 322 valence electrons. The van der Waals surface area contributed by atoms with Crippen molar-refractivity contribution in [2.75, 3.05) is 43.0 Å². The summed E-state index contributed by atoms with van der Waals surface area (Å²) in [4.78, 5) is 49.2. The van der Waals surface area contributed by atoms with E-state index in [0.29, 0.717) is 55.4 Å². The number of benzene rings is 3. The minimum Gasteiger partial charge on any atom is -0.443 e. The highest BCUT2D eigenvalue weighted by Gasteiger charge is 2.52. The van der Waals surface area contributed by atoms with Crippen LogP contribution < -0.4 is 37.4 Å². The standard InChI is InChI=1S/C21H24FN5O2.C19H26BFN2O5.C2H4O/c1-25-9-17-12-27(21(28)29-17)16-4-5-18(19(22)7-16)13-2-3-14-10-26(20(24)8-23)11-15(14)6-13;1-6-16(24)22-10-13-11-23(17(25)26-13)12-7-8-14(15(21)9-12)20-27-18(2,3)19(4,5)28-20;1-2-3/h2-8,17,25H,9-12,23-24H2,1H3;7-9,13H,6,10-11H2,1-5H3,(H,22,24);2H,1H3/b20-8+;;/t;13-;/m.0./s1. The summed E-state index contributed by atoms with van der Waals surface area (Å²) in [6.07, 6.45) is 0.740. The lowest BCUT2D eigenvalue weighted by atomic mass is 9.78. The third-order valence-electron chi connectivity index (χ3n) is 10.9. The largest absolute Gasteiger partial charge is 0.497 e. The summed E-state index contributed by atoms with van der Waals surface area (Å²) >= 11 is 0. The van der Waals surface area contributed by atoms with E-state index in [0.717, 1.165) is 23.0 Å². The maximum Gasteiger partial charge on any atom is 0.497 e. The van der Waals surface area contributed by atoms with Gasteiger partial charge in [0, 0.05) is 43.3 Å². The number of rotatable bonds is 10. The van der Waals surface area contributed by atoms with E-state index in [1.165, 1.54) is 35.1 Å². The van der Waals surface area contributed by atoms with E-state index >= 15 is 0 Å². The number of likely N-dealkylation sites (N-methyl/N-ethyl adjacent to an activating group) is 1. The van der Waals surface area contributed by atoms with E-state index in [1.54, 1.807) is 38.2 Å². The predicted octanol–water partition coefficient (Wildman–Crippen LogP) is 4.25. The van der Waals surface area contributed by atoms with Crippen LogP contribution in [0.4, 0.5) is 29.7 Å². The van der Waals surface area contributed by atoms with E-state index in [4.69, 9.17) is 35.0 Å². The second-order valence-corrected chi connectivity index (χ2v) is 15.6. The van der Waals surface area contributed by atoms with Gasteiger partial charge in [-0.2, -0.15) is 0 Å². The molecule has 0 aliphatic carbocycles. The molecular formula is C42H54BF2N7O8. The molecule has 0 saturated carbocycles. The van der Waals surface area contributed by atoms with Gasteiger partial charge in [0.1, 0.15) is 35.9 Å². The molecule has 3 saturated heterocycles. The Bertz CT molecular complexity index is 2090. The van der Waals surface area contributed by atoms with Crippen LogP contribution in [0.1, 0.15) is 59.1 Å². The van der Waals surface area contributed by atoms with Crippen LogP contribution in [-0.4, -0.2) is 93.0 Å². The number of carbonyl (C=O) groups excluding carboxylic acids is 4. The minimum atomic E-state index is -0.818. The number of cyclic esters (lactones) is 2. The second kappa shape index (κ2) is 19.1. The number of halogens is 2. The minimum absolute atomic E-state index is 0.118. The van der Waals surface area contributed by atoms with Crippen LogP contribution in [0.3, 0.4) is 0 Å². The van der Waals surface area contributed by atoms with Crippen molar-refractivity contribution in [1.29, 1.82) is 0 Å². The first kappa shape index (κ1) is 45.4. The number of nitrogens with two attached hydrogens (primary N) is 2. The Balaban J connectivity index is 0.000000214. The number of anilines is 2. The Morgan fingerprint density at radius 1 is 0.867 bits per heavy atom. The van der Waals surface area contributed by atoms with Gasteiger partial charge in [0.25, 0.3) is 0 Å². The van der Waals surface area contributed by atoms with E-state index in [2.05, 4.69) is 10.6 Å². The topological polar surface area (TPSA) is 191 Å². The summed E-state index contributed by atoms with van der Waals surface area (Å²) in [6, 6.07) is 15.2. The second-order valence-electron chi connectivity index (χ2n) is 15.6. The number of carbonyl (C=O) groups is 4. The Labute approximate surface area is 349 Å². The highest BCUT2D eigenvalue weighted by molar-refractivity contribution is 6.62. The van der Waals surface area contributed by atoms with E-state index in [9.17, 15) is 23.2 Å². The first-order chi connectivity index (χ1) is 28.4. The van der Waals surface area contributed by atoms with Gasteiger partial charge in [0.05, 0.1) is 42.2 Å². The number of amides is 3. The van der Waals surface area contributed by atoms with Gasteiger partial charge < -0.3 is 50.6 Å². The summed E-state index contributed by atoms with van der Waals surface area (Å²) in [5.74, 6) is -0.505. The summed E-state index contributed by atoms with van der Waals surface area (Å²) < 4.78 is 52.0.